The number of pyridine rings is 1. The first-order chi connectivity index (χ1) is 7.43. The first-order valence-corrected chi connectivity index (χ1v) is 4.61. The minimum atomic E-state index is -4.42. The van der Waals surface area contributed by atoms with Crippen molar-refractivity contribution in [1.29, 1.82) is 0 Å². The van der Waals surface area contributed by atoms with Crippen molar-refractivity contribution in [1.82, 2.24) is 4.98 Å². The van der Waals surface area contributed by atoms with Crippen LogP contribution in [0.5, 0.6) is 0 Å². The van der Waals surface area contributed by atoms with Gasteiger partial charge in [0.25, 0.3) is 0 Å². The zero-order valence-corrected chi connectivity index (χ0v) is 8.54. The van der Waals surface area contributed by atoms with E-state index in [9.17, 15) is 18.0 Å². The van der Waals surface area contributed by atoms with Crippen molar-refractivity contribution in [3.05, 3.63) is 29.6 Å². The number of aromatic nitrogens is 1. The summed E-state index contributed by atoms with van der Waals surface area (Å²) >= 11 is 0. The number of nitrogens with zero attached hydrogens (tertiary/aromatic N) is 1. The van der Waals surface area contributed by atoms with E-state index < -0.39 is 17.7 Å². The molecular formula is C10H11F3LiNO2. The van der Waals surface area contributed by atoms with Crippen LogP contribution in [0.25, 0.3) is 0 Å². The Morgan fingerprint density at radius 2 is 2.12 bits per heavy atom. The predicted molar refractivity (Wildman–Crippen MR) is 56.7 cm³/mol. The Hall–Kier alpha value is -0.993. The number of ether oxygens (including phenoxy) is 1. The third kappa shape index (κ3) is 5.24. The number of rotatable bonds is 3. The summed E-state index contributed by atoms with van der Waals surface area (Å²) in [4.78, 5) is 14.7. The molecule has 1 aromatic rings. The number of carbonyl (C=O) groups excluding carboxylic acids is 1. The van der Waals surface area contributed by atoms with Gasteiger partial charge in [-0.3, -0.25) is 9.78 Å². The van der Waals surface area contributed by atoms with Crippen molar-refractivity contribution < 1.29 is 22.7 Å². The van der Waals surface area contributed by atoms with E-state index in [4.69, 9.17) is 0 Å². The van der Waals surface area contributed by atoms with Gasteiger partial charge in [0.15, 0.2) is 0 Å². The molecule has 7 heteroatoms. The van der Waals surface area contributed by atoms with E-state index in [1.165, 1.54) is 0 Å². The topological polar surface area (TPSA) is 39.2 Å². The molecule has 1 aromatic heterocycles. The molecule has 0 N–H and O–H groups in total. The summed E-state index contributed by atoms with van der Waals surface area (Å²) < 4.78 is 41.5. The summed E-state index contributed by atoms with van der Waals surface area (Å²) in [5.41, 5.74) is -0.768. The van der Waals surface area contributed by atoms with Crippen LogP contribution < -0.4 is 0 Å². The Kier molecular flexibility index (Phi) is 6.28. The maximum atomic E-state index is 12.3. The van der Waals surface area contributed by atoms with Crippen LogP contribution in [-0.4, -0.2) is 36.4 Å². The molecule has 0 aromatic carbocycles. The molecule has 0 saturated carbocycles. The zero-order chi connectivity index (χ0) is 12.2. The number of alkyl halides is 3. The average molecular weight is 241 g/mol. The zero-order valence-electron chi connectivity index (χ0n) is 8.54. The molecule has 0 atom stereocenters. The summed E-state index contributed by atoms with van der Waals surface area (Å²) in [7, 11) is 0. The van der Waals surface area contributed by atoms with Crippen LogP contribution in [0.3, 0.4) is 0 Å². The maximum absolute atomic E-state index is 12.3. The molecule has 0 saturated heterocycles. The second-order valence-corrected chi connectivity index (χ2v) is 3.02. The fourth-order valence-corrected chi connectivity index (χ4v) is 1.11. The Morgan fingerprint density at radius 1 is 1.47 bits per heavy atom. The molecule has 0 aliphatic carbocycles. The molecule has 0 aliphatic heterocycles. The van der Waals surface area contributed by atoms with E-state index >= 15 is 0 Å². The molecular weight excluding hydrogens is 230 g/mol. The molecule has 3 nitrogen and oxygen atoms in total. The van der Waals surface area contributed by atoms with Gasteiger partial charge in [0.2, 0.25) is 0 Å². The standard InChI is InChI=1S/C10H10F3NO2.Li.H/c1-2-16-9(15)6-8-5-7(3-4-14-8)10(11,12)13;;/h3-5H,2,6H2,1H3;;. The number of esters is 1. The number of hydrogen-bond donors (Lipinski definition) is 0. The van der Waals surface area contributed by atoms with Crippen LogP contribution in [0.2, 0.25) is 0 Å². The monoisotopic (exact) mass is 241 g/mol. The second kappa shape index (κ2) is 6.67. The summed E-state index contributed by atoms with van der Waals surface area (Å²) in [6.07, 6.45) is -3.65. The summed E-state index contributed by atoms with van der Waals surface area (Å²) in [5.74, 6) is -0.589. The first-order valence-electron chi connectivity index (χ1n) is 4.61. The van der Waals surface area contributed by atoms with Crippen LogP contribution in [-0.2, 0) is 22.1 Å². The fraction of sp³-hybridized carbons (Fsp3) is 0.400. The van der Waals surface area contributed by atoms with E-state index in [0.717, 1.165) is 18.3 Å². The predicted octanol–water partition coefficient (Wildman–Crippen LogP) is 1.56. The molecule has 0 radical (unpaired) electrons. The fourth-order valence-electron chi connectivity index (χ4n) is 1.11. The van der Waals surface area contributed by atoms with Crippen molar-refractivity contribution in [2.45, 2.75) is 19.5 Å². The second-order valence-electron chi connectivity index (χ2n) is 3.02. The summed E-state index contributed by atoms with van der Waals surface area (Å²) in [5, 5.41) is 0. The van der Waals surface area contributed by atoms with E-state index in [1.54, 1.807) is 6.92 Å². The molecule has 1 heterocycles. The van der Waals surface area contributed by atoms with Gasteiger partial charge in [-0.05, 0) is 19.1 Å². The molecule has 0 fully saturated rings. The normalized spacial score (nSPS) is 10.6. The van der Waals surface area contributed by atoms with Gasteiger partial charge in [0.1, 0.15) is 0 Å². The van der Waals surface area contributed by atoms with Gasteiger partial charge in [0, 0.05) is 6.20 Å². The summed E-state index contributed by atoms with van der Waals surface area (Å²) in [6.45, 7) is 1.81. The Bertz CT molecular complexity index is 382. The SMILES string of the molecule is CCOC(=O)Cc1cc(C(F)(F)F)ccn1.[LiH]. The van der Waals surface area contributed by atoms with Crippen LogP contribution >= 0.6 is 0 Å². The van der Waals surface area contributed by atoms with Gasteiger partial charge in [-0.1, -0.05) is 0 Å². The van der Waals surface area contributed by atoms with Crippen LogP contribution in [0.1, 0.15) is 18.2 Å². The van der Waals surface area contributed by atoms with E-state index in [2.05, 4.69) is 9.72 Å². The number of carbonyl (C=O) groups is 1. The Labute approximate surface area is 109 Å². The van der Waals surface area contributed by atoms with Crippen molar-refractivity contribution in [3.8, 4) is 0 Å². The molecule has 0 amide bonds. The van der Waals surface area contributed by atoms with E-state index in [-0.39, 0.29) is 37.6 Å². The van der Waals surface area contributed by atoms with E-state index in [1.807, 2.05) is 0 Å². The molecule has 0 spiro atoms. The van der Waals surface area contributed by atoms with Gasteiger partial charge in [-0.2, -0.15) is 13.2 Å². The van der Waals surface area contributed by atoms with Crippen LogP contribution in [0, 0.1) is 0 Å². The third-order valence-electron chi connectivity index (χ3n) is 1.77. The van der Waals surface area contributed by atoms with Crippen molar-refractivity contribution >= 4 is 24.8 Å². The number of halogens is 3. The van der Waals surface area contributed by atoms with E-state index in [0.29, 0.717) is 0 Å². The molecule has 0 aliphatic rings. The van der Waals surface area contributed by atoms with Gasteiger partial charge < -0.3 is 4.74 Å². The van der Waals surface area contributed by atoms with Crippen molar-refractivity contribution in [2.24, 2.45) is 0 Å². The van der Waals surface area contributed by atoms with Crippen LogP contribution in [0.15, 0.2) is 18.3 Å². The summed E-state index contributed by atoms with van der Waals surface area (Å²) in [6, 6.07) is 1.70. The molecule has 0 bridgehead atoms. The average Bonchev–Trinajstić information content (AvgIpc) is 2.17. The van der Waals surface area contributed by atoms with Gasteiger partial charge in [-0.15, -0.1) is 0 Å². The molecule has 1 rings (SSSR count). The molecule has 17 heavy (non-hydrogen) atoms. The number of hydrogen-bond acceptors (Lipinski definition) is 3. The third-order valence-corrected chi connectivity index (χ3v) is 1.77. The Balaban J connectivity index is 0.00000256. The van der Waals surface area contributed by atoms with Crippen molar-refractivity contribution in [2.75, 3.05) is 6.61 Å². The van der Waals surface area contributed by atoms with Crippen LogP contribution in [0.4, 0.5) is 13.2 Å². The molecule has 90 valence electrons. The minimum absolute atomic E-state index is 0. The van der Waals surface area contributed by atoms with Gasteiger partial charge >= 0.3 is 31.0 Å². The Morgan fingerprint density at radius 3 is 2.65 bits per heavy atom. The quantitative estimate of drug-likeness (QED) is 0.595. The molecule has 0 unspecified atom stereocenters. The van der Waals surface area contributed by atoms with Gasteiger partial charge in [0.05, 0.1) is 24.3 Å². The van der Waals surface area contributed by atoms with Gasteiger partial charge in [-0.25, -0.2) is 0 Å². The first kappa shape index (κ1) is 16.0. The van der Waals surface area contributed by atoms with Crippen molar-refractivity contribution in [3.63, 3.8) is 0 Å².